The second-order valence-electron chi connectivity index (χ2n) is 3.72. The third kappa shape index (κ3) is 6.03. The first-order valence-corrected chi connectivity index (χ1v) is 7.58. The Labute approximate surface area is 122 Å². The van der Waals surface area contributed by atoms with E-state index in [2.05, 4.69) is 6.92 Å². The third-order valence-electron chi connectivity index (χ3n) is 2.30. The zero-order valence-electron chi connectivity index (χ0n) is 10.8. The highest BCUT2D eigenvalue weighted by Crippen LogP contribution is 2.28. The van der Waals surface area contributed by atoms with Gasteiger partial charge < -0.3 is 9.84 Å². The highest BCUT2D eigenvalue weighted by Gasteiger charge is 2.05. The van der Waals surface area contributed by atoms with E-state index in [1.807, 2.05) is 11.8 Å². The number of ether oxygens (including phenoxy) is 1. The first-order valence-electron chi connectivity index (χ1n) is 6.05. The Morgan fingerprint density at radius 1 is 1.53 bits per heavy atom. The Morgan fingerprint density at radius 3 is 3.00 bits per heavy atom. The fourth-order valence-corrected chi connectivity index (χ4v) is 2.29. The van der Waals surface area contributed by atoms with Gasteiger partial charge in [0.15, 0.2) is 0 Å². The molecule has 0 aliphatic carbocycles. The summed E-state index contributed by atoms with van der Waals surface area (Å²) in [4.78, 5) is 10.6. The fourth-order valence-electron chi connectivity index (χ4n) is 1.45. The molecule has 0 saturated carbocycles. The SMILES string of the molecule is CCSCCCOc1cccc(Cl)c1/C=C/C(=O)O. The van der Waals surface area contributed by atoms with Gasteiger partial charge in [-0.25, -0.2) is 4.79 Å². The largest absolute Gasteiger partial charge is 0.493 e. The molecule has 0 atom stereocenters. The molecule has 0 heterocycles. The molecule has 1 rings (SSSR count). The molecular formula is C14H17ClO3S. The molecule has 0 aliphatic heterocycles. The lowest BCUT2D eigenvalue weighted by atomic mass is 10.2. The second-order valence-corrected chi connectivity index (χ2v) is 5.52. The van der Waals surface area contributed by atoms with Gasteiger partial charge in [-0.1, -0.05) is 24.6 Å². The molecule has 19 heavy (non-hydrogen) atoms. The van der Waals surface area contributed by atoms with Gasteiger partial charge in [0, 0.05) is 11.6 Å². The van der Waals surface area contributed by atoms with E-state index in [4.69, 9.17) is 21.4 Å². The van der Waals surface area contributed by atoms with Gasteiger partial charge in [-0.3, -0.25) is 0 Å². The van der Waals surface area contributed by atoms with Crippen molar-refractivity contribution in [3.05, 3.63) is 34.9 Å². The van der Waals surface area contributed by atoms with Crippen molar-refractivity contribution >= 4 is 35.4 Å². The van der Waals surface area contributed by atoms with Crippen molar-refractivity contribution in [1.82, 2.24) is 0 Å². The average Bonchev–Trinajstić information content (AvgIpc) is 2.37. The van der Waals surface area contributed by atoms with Crippen LogP contribution in [0, 0.1) is 0 Å². The summed E-state index contributed by atoms with van der Waals surface area (Å²) < 4.78 is 5.65. The van der Waals surface area contributed by atoms with Gasteiger partial charge in [-0.15, -0.1) is 0 Å². The van der Waals surface area contributed by atoms with Crippen LogP contribution in [0.15, 0.2) is 24.3 Å². The van der Waals surface area contributed by atoms with Crippen molar-refractivity contribution in [3.8, 4) is 5.75 Å². The topological polar surface area (TPSA) is 46.5 Å². The van der Waals surface area contributed by atoms with Crippen molar-refractivity contribution in [2.24, 2.45) is 0 Å². The van der Waals surface area contributed by atoms with E-state index >= 15 is 0 Å². The molecule has 1 aromatic carbocycles. The van der Waals surface area contributed by atoms with Gasteiger partial charge in [0.25, 0.3) is 0 Å². The Bertz CT molecular complexity index is 446. The van der Waals surface area contributed by atoms with Crippen molar-refractivity contribution in [2.45, 2.75) is 13.3 Å². The Kier molecular flexibility index (Phi) is 7.45. The second kappa shape index (κ2) is 8.88. The zero-order chi connectivity index (χ0) is 14.1. The van der Waals surface area contributed by atoms with Crippen LogP contribution in [0.3, 0.4) is 0 Å². The van der Waals surface area contributed by atoms with E-state index in [0.717, 1.165) is 24.0 Å². The number of carboxylic acid groups (broad SMARTS) is 1. The summed E-state index contributed by atoms with van der Waals surface area (Å²) in [6, 6.07) is 5.29. The summed E-state index contributed by atoms with van der Waals surface area (Å²) in [7, 11) is 0. The minimum absolute atomic E-state index is 0.484. The summed E-state index contributed by atoms with van der Waals surface area (Å²) in [5.41, 5.74) is 0.606. The number of hydrogen-bond donors (Lipinski definition) is 1. The third-order valence-corrected chi connectivity index (χ3v) is 3.62. The molecule has 0 fully saturated rings. The van der Waals surface area contributed by atoms with Crippen LogP contribution in [0.1, 0.15) is 18.9 Å². The van der Waals surface area contributed by atoms with Crippen molar-refractivity contribution in [1.29, 1.82) is 0 Å². The smallest absolute Gasteiger partial charge is 0.328 e. The highest BCUT2D eigenvalue weighted by atomic mass is 35.5. The Morgan fingerprint density at radius 2 is 2.32 bits per heavy atom. The first kappa shape index (κ1) is 15.9. The first-order chi connectivity index (χ1) is 9.15. The summed E-state index contributed by atoms with van der Waals surface area (Å²) >= 11 is 7.91. The van der Waals surface area contributed by atoms with Crippen LogP contribution in [-0.4, -0.2) is 29.2 Å². The zero-order valence-corrected chi connectivity index (χ0v) is 12.3. The standard InChI is InChI=1S/C14H17ClO3S/c1-2-19-10-4-9-18-13-6-3-5-12(15)11(13)7-8-14(16)17/h3,5-8H,2,4,9-10H2,1H3,(H,16,17)/b8-7+. The molecule has 1 N–H and O–H groups in total. The molecule has 0 unspecified atom stereocenters. The Balaban J connectivity index is 2.66. The Hall–Kier alpha value is -1.13. The van der Waals surface area contributed by atoms with Gasteiger partial charge in [-0.05, 0) is 36.1 Å². The van der Waals surface area contributed by atoms with Crippen LogP contribution < -0.4 is 4.74 Å². The number of thioether (sulfide) groups is 1. The summed E-state index contributed by atoms with van der Waals surface area (Å²) in [6.45, 7) is 2.72. The maximum Gasteiger partial charge on any atom is 0.328 e. The molecule has 5 heteroatoms. The summed E-state index contributed by atoms with van der Waals surface area (Å²) in [5.74, 6) is 1.76. The number of rotatable bonds is 8. The van der Waals surface area contributed by atoms with E-state index in [1.54, 1.807) is 18.2 Å². The summed E-state index contributed by atoms with van der Waals surface area (Å²) in [6.07, 6.45) is 3.47. The van der Waals surface area contributed by atoms with Crippen molar-refractivity contribution < 1.29 is 14.6 Å². The summed E-state index contributed by atoms with van der Waals surface area (Å²) in [5, 5.41) is 9.14. The van der Waals surface area contributed by atoms with Crippen LogP contribution in [0.2, 0.25) is 5.02 Å². The van der Waals surface area contributed by atoms with E-state index in [9.17, 15) is 4.79 Å². The van der Waals surface area contributed by atoms with Gasteiger partial charge in [0.2, 0.25) is 0 Å². The molecule has 0 amide bonds. The molecule has 0 spiro atoms. The number of carbonyl (C=O) groups is 1. The molecular weight excluding hydrogens is 284 g/mol. The number of carboxylic acids is 1. The quantitative estimate of drug-likeness (QED) is 0.583. The van der Waals surface area contributed by atoms with E-state index < -0.39 is 5.97 Å². The lowest BCUT2D eigenvalue weighted by molar-refractivity contribution is -0.131. The van der Waals surface area contributed by atoms with E-state index in [0.29, 0.717) is 22.9 Å². The van der Waals surface area contributed by atoms with Gasteiger partial charge in [0.1, 0.15) is 5.75 Å². The molecule has 3 nitrogen and oxygen atoms in total. The van der Waals surface area contributed by atoms with Crippen molar-refractivity contribution in [3.63, 3.8) is 0 Å². The minimum atomic E-state index is -1.01. The van der Waals surface area contributed by atoms with Crippen LogP contribution in [0.4, 0.5) is 0 Å². The molecule has 0 saturated heterocycles. The van der Waals surface area contributed by atoms with Gasteiger partial charge in [-0.2, -0.15) is 11.8 Å². The predicted molar refractivity (Wildman–Crippen MR) is 81.2 cm³/mol. The molecule has 0 bridgehead atoms. The van der Waals surface area contributed by atoms with Crippen molar-refractivity contribution in [2.75, 3.05) is 18.1 Å². The molecule has 1 aromatic rings. The maximum atomic E-state index is 10.6. The lowest BCUT2D eigenvalue weighted by Gasteiger charge is -2.10. The number of benzene rings is 1. The number of halogens is 1. The fraction of sp³-hybridized carbons (Fsp3) is 0.357. The van der Waals surface area contributed by atoms with E-state index in [-0.39, 0.29) is 0 Å². The average molecular weight is 301 g/mol. The van der Waals surface area contributed by atoms with Gasteiger partial charge in [0.05, 0.1) is 11.6 Å². The predicted octanol–water partition coefficient (Wildman–Crippen LogP) is 3.96. The lowest BCUT2D eigenvalue weighted by Crippen LogP contribution is -2.00. The normalized spacial score (nSPS) is 10.8. The monoisotopic (exact) mass is 300 g/mol. The maximum absolute atomic E-state index is 10.6. The molecule has 0 radical (unpaired) electrons. The number of aliphatic carboxylic acids is 1. The molecule has 104 valence electrons. The minimum Gasteiger partial charge on any atom is -0.493 e. The van der Waals surface area contributed by atoms with Crippen LogP contribution in [-0.2, 0) is 4.79 Å². The highest BCUT2D eigenvalue weighted by molar-refractivity contribution is 7.99. The van der Waals surface area contributed by atoms with Crippen LogP contribution in [0.25, 0.3) is 6.08 Å². The van der Waals surface area contributed by atoms with Crippen LogP contribution in [0.5, 0.6) is 5.75 Å². The van der Waals surface area contributed by atoms with E-state index in [1.165, 1.54) is 6.08 Å². The molecule has 0 aliphatic rings. The van der Waals surface area contributed by atoms with Gasteiger partial charge >= 0.3 is 5.97 Å². The molecule has 0 aromatic heterocycles. The van der Waals surface area contributed by atoms with Crippen LogP contribution >= 0.6 is 23.4 Å². The number of hydrogen-bond acceptors (Lipinski definition) is 3.